The van der Waals surface area contributed by atoms with E-state index in [9.17, 15) is 14.7 Å². The lowest BCUT2D eigenvalue weighted by Crippen LogP contribution is -2.45. The van der Waals surface area contributed by atoms with Crippen molar-refractivity contribution in [2.45, 2.75) is 12.8 Å². The molecule has 4 unspecified atom stereocenters. The summed E-state index contributed by atoms with van der Waals surface area (Å²) in [6.07, 6.45) is 5.81. The number of hydrogen-bond acceptors (Lipinski definition) is 2. The van der Waals surface area contributed by atoms with Gasteiger partial charge < -0.3 is 5.11 Å². The zero-order chi connectivity index (χ0) is 14.3. The summed E-state index contributed by atoms with van der Waals surface area (Å²) in [4.78, 5) is 24.3. The molecule has 20 heavy (non-hydrogen) atoms. The number of carbonyl (C=O) groups excluding carboxylic acids is 1. The van der Waals surface area contributed by atoms with Crippen LogP contribution >= 0.6 is 15.9 Å². The second-order valence-corrected chi connectivity index (χ2v) is 6.47. The Morgan fingerprint density at radius 1 is 1.00 bits per heavy atom. The van der Waals surface area contributed by atoms with Gasteiger partial charge in [-0.15, -0.1) is 0 Å². The monoisotopic (exact) mass is 334 g/mol. The Hall–Kier alpha value is -1.42. The van der Waals surface area contributed by atoms with Crippen molar-refractivity contribution in [3.8, 4) is 0 Å². The maximum absolute atomic E-state index is 12.7. The number of allylic oxidation sites excluding steroid dienone is 2. The topological polar surface area (TPSA) is 54.4 Å². The van der Waals surface area contributed by atoms with E-state index in [2.05, 4.69) is 15.9 Å². The van der Waals surface area contributed by atoms with Crippen LogP contribution in [0.4, 0.5) is 0 Å². The number of fused-ring (bicyclic) bond motifs is 2. The molecule has 1 fully saturated rings. The number of carboxylic acid groups (broad SMARTS) is 1. The van der Waals surface area contributed by atoms with Gasteiger partial charge in [0.25, 0.3) is 0 Å². The molecule has 0 aromatic heterocycles. The van der Waals surface area contributed by atoms with E-state index in [1.807, 2.05) is 24.3 Å². The molecule has 1 saturated carbocycles. The van der Waals surface area contributed by atoms with Gasteiger partial charge in [-0.2, -0.15) is 0 Å². The Bertz CT molecular complexity index is 576. The molecular weight excluding hydrogens is 320 g/mol. The molecule has 104 valence electrons. The fraction of sp³-hybridized carbons (Fsp3) is 0.375. The molecule has 3 aliphatic carbocycles. The summed E-state index contributed by atoms with van der Waals surface area (Å²) in [5, 5.41) is 9.48. The Kier molecular flexibility index (Phi) is 3.50. The van der Waals surface area contributed by atoms with E-state index in [1.54, 1.807) is 12.1 Å². The smallest absolute Gasteiger partial charge is 0.307 e. The maximum atomic E-state index is 12.7. The van der Waals surface area contributed by atoms with E-state index < -0.39 is 17.8 Å². The van der Waals surface area contributed by atoms with Crippen LogP contribution in [0.25, 0.3) is 0 Å². The molecule has 1 aromatic rings. The quantitative estimate of drug-likeness (QED) is 0.679. The average Bonchev–Trinajstić information content (AvgIpc) is 2.47. The minimum Gasteiger partial charge on any atom is -0.481 e. The Labute approximate surface area is 125 Å². The molecule has 0 amide bonds. The zero-order valence-corrected chi connectivity index (χ0v) is 12.4. The van der Waals surface area contributed by atoms with Crippen LogP contribution in [0.5, 0.6) is 0 Å². The average molecular weight is 335 g/mol. The van der Waals surface area contributed by atoms with Crippen LogP contribution in [-0.2, 0) is 4.79 Å². The largest absolute Gasteiger partial charge is 0.481 e. The summed E-state index contributed by atoms with van der Waals surface area (Å²) < 4.78 is 0.911. The lowest BCUT2D eigenvalue weighted by Gasteiger charge is -2.42. The summed E-state index contributed by atoms with van der Waals surface area (Å²) >= 11 is 3.34. The van der Waals surface area contributed by atoms with Gasteiger partial charge in [-0.25, -0.2) is 0 Å². The summed E-state index contributed by atoms with van der Waals surface area (Å²) in [6.45, 7) is 0. The highest BCUT2D eigenvalue weighted by atomic mass is 79.9. The van der Waals surface area contributed by atoms with Crippen LogP contribution in [0.3, 0.4) is 0 Å². The number of carbonyl (C=O) groups is 2. The van der Waals surface area contributed by atoms with Crippen LogP contribution in [-0.4, -0.2) is 16.9 Å². The third-order valence-electron chi connectivity index (χ3n) is 4.46. The minimum atomic E-state index is -0.848. The van der Waals surface area contributed by atoms with Crippen molar-refractivity contribution in [3.63, 3.8) is 0 Å². The summed E-state index contributed by atoms with van der Waals surface area (Å²) in [5.74, 6) is -1.81. The first-order chi connectivity index (χ1) is 9.58. The molecule has 2 bridgehead atoms. The molecule has 0 heterocycles. The van der Waals surface area contributed by atoms with Crippen LogP contribution in [0.2, 0.25) is 0 Å². The first-order valence-corrected chi connectivity index (χ1v) is 7.58. The number of ketones is 1. The van der Waals surface area contributed by atoms with Gasteiger partial charge in [0, 0.05) is 16.0 Å². The summed E-state index contributed by atoms with van der Waals surface area (Å²) in [7, 11) is 0. The second-order valence-electron chi connectivity index (χ2n) is 5.55. The van der Waals surface area contributed by atoms with Gasteiger partial charge in [-0.1, -0.05) is 40.2 Å². The molecule has 0 radical (unpaired) electrons. The van der Waals surface area contributed by atoms with Crippen molar-refractivity contribution >= 4 is 27.7 Å². The highest BCUT2D eigenvalue weighted by molar-refractivity contribution is 9.10. The van der Waals surface area contributed by atoms with E-state index in [0.29, 0.717) is 5.56 Å². The number of Topliss-reactive ketones (excluding diaryl/α,β-unsaturated/α-hetero) is 1. The number of aliphatic carboxylic acids is 1. The molecule has 3 nitrogen and oxygen atoms in total. The van der Waals surface area contributed by atoms with Crippen molar-refractivity contribution in [1.29, 1.82) is 0 Å². The molecule has 4 heteroatoms. The van der Waals surface area contributed by atoms with Crippen LogP contribution in [0.1, 0.15) is 23.2 Å². The van der Waals surface area contributed by atoms with Crippen LogP contribution < -0.4 is 0 Å². The molecule has 3 aliphatic rings. The van der Waals surface area contributed by atoms with Crippen molar-refractivity contribution in [1.82, 2.24) is 0 Å². The van der Waals surface area contributed by atoms with Crippen LogP contribution in [0.15, 0.2) is 40.9 Å². The zero-order valence-electron chi connectivity index (χ0n) is 10.8. The summed E-state index contributed by atoms with van der Waals surface area (Å²) in [5.41, 5.74) is 0.602. The highest BCUT2D eigenvalue weighted by Gasteiger charge is 2.48. The molecule has 0 saturated heterocycles. The molecule has 0 aliphatic heterocycles. The third kappa shape index (κ3) is 2.22. The first kappa shape index (κ1) is 13.6. The number of halogens is 1. The predicted octanol–water partition coefficient (Wildman–Crippen LogP) is 3.54. The maximum Gasteiger partial charge on any atom is 0.307 e. The predicted molar refractivity (Wildman–Crippen MR) is 78.4 cm³/mol. The lowest BCUT2D eigenvalue weighted by molar-refractivity contribution is -0.147. The van der Waals surface area contributed by atoms with E-state index in [1.165, 1.54) is 0 Å². The van der Waals surface area contributed by atoms with E-state index in [-0.39, 0.29) is 17.6 Å². The van der Waals surface area contributed by atoms with Crippen molar-refractivity contribution in [3.05, 3.63) is 46.5 Å². The highest BCUT2D eigenvalue weighted by Crippen LogP contribution is 2.46. The van der Waals surface area contributed by atoms with Gasteiger partial charge in [0.2, 0.25) is 0 Å². The van der Waals surface area contributed by atoms with Crippen molar-refractivity contribution in [2.24, 2.45) is 23.7 Å². The van der Waals surface area contributed by atoms with Gasteiger partial charge >= 0.3 is 5.97 Å². The molecule has 4 atom stereocenters. The number of hydrogen-bond donors (Lipinski definition) is 1. The van der Waals surface area contributed by atoms with Crippen molar-refractivity contribution < 1.29 is 14.7 Å². The van der Waals surface area contributed by atoms with Gasteiger partial charge in [0.15, 0.2) is 5.78 Å². The lowest BCUT2D eigenvalue weighted by atomic mass is 9.60. The molecule has 1 N–H and O–H groups in total. The Morgan fingerprint density at radius 2 is 1.55 bits per heavy atom. The number of carboxylic acids is 1. The van der Waals surface area contributed by atoms with E-state index in [4.69, 9.17) is 0 Å². The standard InChI is InChI=1S/C16H15BrO3/c17-12-7-5-11(6-8-12)15(18)13-9-1-3-10(4-2-9)14(13)16(19)20/h1,3,5-10,13-14H,2,4H2,(H,19,20). The van der Waals surface area contributed by atoms with E-state index in [0.717, 1.165) is 17.3 Å². The number of rotatable bonds is 3. The van der Waals surface area contributed by atoms with Crippen LogP contribution in [0, 0.1) is 23.7 Å². The molecule has 0 spiro atoms. The normalized spacial score (nSPS) is 31.2. The van der Waals surface area contributed by atoms with Crippen molar-refractivity contribution in [2.75, 3.05) is 0 Å². The van der Waals surface area contributed by atoms with E-state index >= 15 is 0 Å². The first-order valence-electron chi connectivity index (χ1n) is 6.79. The Morgan fingerprint density at radius 3 is 2.05 bits per heavy atom. The van der Waals surface area contributed by atoms with Gasteiger partial charge in [-0.05, 0) is 36.8 Å². The Balaban J connectivity index is 1.95. The fourth-order valence-electron chi connectivity index (χ4n) is 3.49. The minimum absolute atomic E-state index is 0.00176. The van der Waals surface area contributed by atoms with Gasteiger partial charge in [0.05, 0.1) is 5.92 Å². The fourth-order valence-corrected chi connectivity index (χ4v) is 3.76. The van der Waals surface area contributed by atoms with Gasteiger partial charge in [-0.3, -0.25) is 9.59 Å². The molecular formula is C16H15BrO3. The SMILES string of the molecule is O=C(O)C1C2C=CC(CC2)C1C(=O)c1ccc(Br)cc1. The van der Waals surface area contributed by atoms with Gasteiger partial charge in [0.1, 0.15) is 0 Å². The second kappa shape index (κ2) is 5.17. The third-order valence-corrected chi connectivity index (χ3v) is 4.99. The number of benzene rings is 1. The molecule has 1 aromatic carbocycles. The molecule has 4 rings (SSSR count). The summed E-state index contributed by atoms with van der Waals surface area (Å²) in [6, 6.07) is 7.16.